The molecule has 5 nitrogen and oxygen atoms in total. The Morgan fingerprint density at radius 2 is 2.28 bits per heavy atom. The lowest BCUT2D eigenvalue weighted by Gasteiger charge is -2.14. The molecular weight excluding hydrogens is 230 g/mol. The highest BCUT2D eigenvalue weighted by atomic mass is 16.5. The maximum atomic E-state index is 5.79. The van der Waals surface area contributed by atoms with E-state index in [0.717, 1.165) is 31.7 Å². The number of rotatable bonds is 6. The quantitative estimate of drug-likeness (QED) is 0.835. The molecule has 1 saturated heterocycles. The number of ether oxygens (including phenoxy) is 1. The average Bonchev–Trinajstić information content (AvgIpc) is 2.97. The van der Waals surface area contributed by atoms with Crippen LogP contribution in [0.5, 0.6) is 0 Å². The van der Waals surface area contributed by atoms with E-state index in [1.807, 2.05) is 0 Å². The van der Waals surface area contributed by atoms with Crippen LogP contribution in [0.25, 0.3) is 0 Å². The van der Waals surface area contributed by atoms with Gasteiger partial charge in [0.2, 0.25) is 5.89 Å². The Morgan fingerprint density at radius 1 is 1.44 bits per heavy atom. The van der Waals surface area contributed by atoms with Crippen molar-refractivity contribution in [3.05, 3.63) is 11.7 Å². The molecule has 2 heterocycles. The summed E-state index contributed by atoms with van der Waals surface area (Å²) >= 11 is 0. The summed E-state index contributed by atoms with van der Waals surface area (Å²) in [5.41, 5.74) is 5.79. The van der Waals surface area contributed by atoms with Gasteiger partial charge in [0.1, 0.15) is 0 Å². The van der Waals surface area contributed by atoms with E-state index < -0.39 is 0 Å². The van der Waals surface area contributed by atoms with Crippen molar-refractivity contribution < 1.29 is 9.26 Å². The zero-order valence-electron chi connectivity index (χ0n) is 11.3. The second-order valence-corrected chi connectivity index (χ2v) is 5.54. The molecule has 102 valence electrons. The van der Waals surface area contributed by atoms with Crippen molar-refractivity contribution in [1.82, 2.24) is 10.1 Å². The lowest BCUT2D eigenvalue weighted by Crippen LogP contribution is -2.19. The highest BCUT2D eigenvalue weighted by Gasteiger charge is 2.23. The Kier molecular flexibility index (Phi) is 4.72. The van der Waals surface area contributed by atoms with Gasteiger partial charge in [0.05, 0.1) is 6.61 Å². The van der Waals surface area contributed by atoms with E-state index in [9.17, 15) is 0 Å². The number of nitrogens with two attached hydrogens (primary N) is 1. The number of hydrogen-bond donors (Lipinski definition) is 1. The van der Waals surface area contributed by atoms with Crippen molar-refractivity contribution in [2.24, 2.45) is 17.6 Å². The van der Waals surface area contributed by atoms with Gasteiger partial charge in [0.25, 0.3) is 0 Å². The minimum absolute atomic E-state index is 0.309. The van der Waals surface area contributed by atoms with Gasteiger partial charge in [-0.2, -0.15) is 4.98 Å². The van der Waals surface area contributed by atoms with Gasteiger partial charge in [-0.05, 0) is 31.2 Å². The first-order valence-corrected chi connectivity index (χ1v) is 6.79. The lowest BCUT2D eigenvalue weighted by molar-refractivity contribution is 0.192. The fraction of sp³-hybridized carbons (Fsp3) is 0.846. The van der Waals surface area contributed by atoms with Gasteiger partial charge in [-0.25, -0.2) is 0 Å². The third kappa shape index (κ3) is 3.53. The SMILES string of the molecule is CC(C)CC(CN)Cc1nc(C2CCOC2)no1. The largest absolute Gasteiger partial charge is 0.381 e. The molecule has 0 saturated carbocycles. The molecule has 18 heavy (non-hydrogen) atoms. The van der Waals surface area contributed by atoms with Crippen LogP contribution in [0.15, 0.2) is 4.52 Å². The molecular formula is C13H23N3O2. The molecule has 1 aliphatic heterocycles. The standard InChI is InChI=1S/C13H23N3O2/c1-9(2)5-10(7-14)6-12-15-13(16-18-12)11-3-4-17-8-11/h9-11H,3-8,14H2,1-2H3. The van der Waals surface area contributed by atoms with E-state index in [0.29, 0.717) is 36.8 Å². The van der Waals surface area contributed by atoms with Crippen molar-refractivity contribution in [3.8, 4) is 0 Å². The van der Waals surface area contributed by atoms with Crippen molar-refractivity contribution in [1.29, 1.82) is 0 Å². The zero-order chi connectivity index (χ0) is 13.0. The van der Waals surface area contributed by atoms with Crippen molar-refractivity contribution in [3.63, 3.8) is 0 Å². The first kappa shape index (κ1) is 13.5. The number of hydrogen-bond acceptors (Lipinski definition) is 5. The molecule has 0 radical (unpaired) electrons. The highest BCUT2D eigenvalue weighted by Crippen LogP contribution is 2.23. The molecule has 5 heteroatoms. The van der Waals surface area contributed by atoms with E-state index in [1.54, 1.807) is 0 Å². The van der Waals surface area contributed by atoms with Crippen LogP contribution in [-0.4, -0.2) is 29.9 Å². The lowest BCUT2D eigenvalue weighted by atomic mass is 9.94. The first-order valence-electron chi connectivity index (χ1n) is 6.79. The summed E-state index contributed by atoms with van der Waals surface area (Å²) in [6.07, 6.45) is 2.88. The van der Waals surface area contributed by atoms with E-state index in [1.165, 1.54) is 0 Å². The topological polar surface area (TPSA) is 74.2 Å². The van der Waals surface area contributed by atoms with Crippen LogP contribution in [0.2, 0.25) is 0 Å². The van der Waals surface area contributed by atoms with E-state index in [-0.39, 0.29) is 0 Å². The van der Waals surface area contributed by atoms with Crippen LogP contribution in [0.4, 0.5) is 0 Å². The van der Waals surface area contributed by atoms with Gasteiger partial charge in [-0.1, -0.05) is 19.0 Å². The van der Waals surface area contributed by atoms with Gasteiger partial charge in [0.15, 0.2) is 5.82 Å². The molecule has 2 atom stereocenters. The third-order valence-electron chi connectivity index (χ3n) is 3.38. The molecule has 1 aliphatic rings. The van der Waals surface area contributed by atoms with Crippen LogP contribution in [0.1, 0.15) is 44.3 Å². The Hall–Kier alpha value is -0.940. The zero-order valence-corrected chi connectivity index (χ0v) is 11.3. The second-order valence-electron chi connectivity index (χ2n) is 5.54. The summed E-state index contributed by atoms with van der Waals surface area (Å²) in [4.78, 5) is 4.47. The molecule has 0 amide bonds. The van der Waals surface area contributed by atoms with Crippen LogP contribution in [-0.2, 0) is 11.2 Å². The fourth-order valence-electron chi connectivity index (χ4n) is 2.43. The molecule has 0 aromatic carbocycles. The van der Waals surface area contributed by atoms with Gasteiger partial charge < -0.3 is 15.0 Å². The molecule has 1 fully saturated rings. The van der Waals surface area contributed by atoms with Crippen molar-refractivity contribution >= 4 is 0 Å². The van der Waals surface area contributed by atoms with Crippen LogP contribution >= 0.6 is 0 Å². The minimum Gasteiger partial charge on any atom is -0.381 e. The molecule has 0 bridgehead atoms. The minimum atomic E-state index is 0.309. The van der Waals surface area contributed by atoms with Crippen molar-refractivity contribution in [2.75, 3.05) is 19.8 Å². The first-order chi connectivity index (χ1) is 8.69. The molecule has 1 aromatic heterocycles. The molecule has 2 N–H and O–H groups in total. The Bertz CT molecular complexity index is 359. The predicted molar refractivity (Wildman–Crippen MR) is 68.2 cm³/mol. The summed E-state index contributed by atoms with van der Waals surface area (Å²) in [5, 5.41) is 4.06. The fourth-order valence-corrected chi connectivity index (χ4v) is 2.43. The predicted octanol–water partition coefficient (Wildman–Crippen LogP) is 1.74. The molecule has 2 rings (SSSR count). The highest BCUT2D eigenvalue weighted by molar-refractivity contribution is 4.98. The number of nitrogens with zero attached hydrogens (tertiary/aromatic N) is 2. The third-order valence-corrected chi connectivity index (χ3v) is 3.38. The summed E-state index contributed by atoms with van der Waals surface area (Å²) in [5.74, 6) is 2.89. The average molecular weight is 253 g/mol. The van der Waals surface area contributed by atoms with E-state index in [2.05, 4.69) is 24.0 Å². The van der Waals surface area contributed by atoms with Crippen LogP contribution in [0, 0.1) is 11.8 Å². The van der Waals surface area contributed by atoms with E-state index >= 15 is 0 Å². The maximum Gasteiger partial charge on any atom is 0.226 e. The van der Waals surface area contributed by atoms with Gasteiger partial charge >= 0.3 is 0 Å². The van der Waals surface area contributed by atoms with Gasteiger partial charge in [-0.15, -0.1) is 0 Å². The summed E-state index contributed by atoms with van der Waals surface area (Å²) in [6, 6.07) is 0. The molecule has 0 spiro atoms. The smallest absolute Gasteiger partial charge is 0.226 e. The van der Waals surface area contributed by atoms with Gasteiger partial charge in [-0.3, -0.25) is 0 Å². The van der Waals surface area contributed by atoms with Crippen LogP contribution in [0.3, 0.4) is 0 Å². The summed E-state index contributed by atoms with van der Waals surface area (Å²) < 4.78 is 10.7. The second kappa shape index (κ2) is 6.29. The van der Waals surface area contributed by atoms with Gasteiger partial charge in [0, 0.05) is 18.9 Å². The normalized spacial score (nSPS) is 21.7. The Morgan fingerprint density at radius 3 is 2.89 bits per heavy atom. The maximum absolute atomic E-state index is 5.79. The van der Waals surface area contributed by atoms with Crippen LogP contribution < -0.4 is 5.73 Å². The summed E-state index contributed by atoms with van der Waals surface area (Å²) in [6.45, 7) is 6.59. The Balaban J connectivity index is 1.92. The summed E-state index contributed by atoms with van der Waals surface area (Å²) in [7, 11) is 0. The van der Waals surface area contributed by atoms with Crippen molar-refractivity contribution in [2.45, 2.75) is 39.0 Å². The van der Waals surface area contributed by atoms with E-state index in [4.69, 9.17) is 15.0 Å². The molecule has 0 aliphatic carbocycles. The molecule has 2 unspecified atom stereocenters. The Labute approximate surface area is 108 Å². The monoisotopic (exact) mass is 253 g/mol. The molecule has 1 aromatic rings. The number of aromatic nitrogens is 2.